The SMILES string of the molecule is O=S(=O)(NCCCc1ccco1)c1ccc(-c2cc(C(F)(F)F)on2)s1. The van der Waals surface area contributed by atoms with Gasteiger partial charge in [-0.15, -0.1) is 11.3 Å². The van der Waals surface area contributed by atoms with E-state index in [1.54, 1.807) is 18.4 Å². The smallest absolute Gasteiger partial charge is 0.452 e. The predicted octanol–water partition coefficient (Wildman–Crippen LogP) is 3.93. The van der Waals surface area contributed by atoms with Crippen molar-refractivity contribution < 1.29 is 30.5 Å². The second-order valence-corrected chi connectivity index (χ2v) is 8.35. The quantitative estimate of drug-likeness (QED) is 0.601. The highest BCUT2D eigenvalue weighted by Gasteiger charge is 2.36. The van der Waals surface area contributed by atoms with Crippen molar-refractivity contribution in [3.63, 3.8) is 0 Å². The van der Waals surface area contributed by atoms with Crippen LogP contribution in [0.25, 0.3) is 10.6 Å². The van der Waals surface area contributed by atoms with Gasteiger partial charge in [0.05, 0.1) is 11.1 Å². The maximum Gasteiger partial charge on any atom is 0.452 e. The number of alkyl halides is 3. The molecule has 0 saturated carbocycles. The van der Waals surface area contributed by atoms with Gasteiger partial charge in [-0.25, -0.2) is 13.1 Å². The summed E-state index contributed by atoms with van der Waals surface area (Å²) in [7, 11) is -3.75. The van der Waals surface area contributed by atoms with Crippen molar-refractivity contribution in [2.45, 2.75) is 23.2 Å². The Bertz CT molecular complexity index is 959. The first kappa shape index (κ1) is 18.7. The van der Waals surface area contributed by atoms with Crippen LogP contribution < -0.4 is 4.72 Å². The minimum Gasteiger partial charge on any atom is -0.469 e. The number of hydrogen-bond donors (Lipinski definition) is 1. The number of sulfonamides is 1. The van der Waals surface area contributed by atoms with Crippen molar-refractivity contribution >= 4 is 21.4 Å². The van der Waals surface area contributed by atoms with Crippen LogP contribution in [0.5, 0.6) is 0 Å². The molecular weight excluding hydrogens is 393 g/mol. The molecule has 3 heterocycles. The van der Waals surface area contributed by atoms with Gasteiger partial charge in [-0.05, 0) is 30.7 Å². The third-order valence-corrected chi connectivity index (χ3v) is 6.42. The topological polar surface area (TPSA) is 85.3 Å². The van der Waals surface area contributed by atoms with Crippen LogP contribution in [0.3, 0.4) is 0 Å². The van der Waals surface area contributed by atoms with Crippen LogP contribution in [0.1, 0.15) is 17.9 Å². The van der Waals surface area contributed by atoms with Gasteiger partial charge in [0.2, 0.25) is 15.8 Å². The highest BCUT2D eigenvalue weighted by atomic mass is 32.2. The van der Waals surface area contributed by atoms with Crippen molar-refractivity contribution in [2.24, 2.45) is 0 Å². The minimum absolute atomic E-state index is 0.0120. The molecule has 0 aliphatic carbocycles. The van der Waals surface area contributed by atoms with E-state index in [0.29, 0.717) is 12.8 Å². The summed E-state index contributed by atoms with van der Waals surface area (Å²) >= 11 is 0.814. The van der Waals surface area contributed by atoms with Gasteiger partial charge in [0.25, 0.3) is 0 Å². The molecule has 1 N–H and O–H groups in total. The van der Waals surface area contributed by atoms with Gasteiger partial charge in [0.15, 0.2) is 0 Å². The first-order chi connectivity index (χ1) is 12.3. The number of aromatic nitrogens is 1. The molecule has 3 aromatic rings. The Morgan fingerprint density at radius 1 is 1.23 bits per heavy atom. The second kappa shape index (κ2) is 7.25. The number of nitrogens with one attached hydrogen (secondary N) is 1. The summed E-state index contributed by atoms with van der Waals surface area (Å²) in [5, 5.41) is 3.34. The molecule has 0 unspecified atom stereocenters. The highest BCUT2D eigenvalue weighted by molar-refractivity contribution is 7.91. The molecule has 0 fully saturated rings. The van der Waals surface area contributed by atoms with E-state index in [1.165, 1.54) is 12.1 Å². The van der Waals surface area contributed by atoms with E-state index in [-0.39, 0.29) is 21.3 Å². The van der Waals surface area contributed by atoms with Gasteiger partial charge in [-0.1, -0.05) is 5.16 Å². The Balaban J connectivity index is 1.63. The Morgan fingerprint density at radius 2 is 2.04 bits per heavy atom. The average molecular weight is 406 g/mol. The van der Waals surface area contributed by atoms with Crippen molar-refractivity contribution in [3.05, 3.63) is 48.1 Å². The Kier molecular flexibility index (Phi) is 5.21. The van der Waals surface area contributed by atoms with Crippen molar-refractivity contribution in [2.75, 3.05) is 6.54 Å². The van der Waals surface area contributed by atoms with E-state index in [1.807, 2.05) is 0 Å². The van der Waals surface area contributed by atoms with Crippen molar-refractivity contribution in [1.29, 1.82) is 0 Å². The first-order valence-electron chi connectivity index (χ1n) is 7.42. The monoisotopic (exact) mass is 406 g/mol. The lowest BCUT2D eigenvalue weighted by atomic mass is 10.2. The summed E-state index contributed by atoms with van der Waals surface area (Å²) in [6, 6.07) is 6.99. The molecule has 0 spiro atoms. The lowest BCUT2D eigenvalue weighted by Gasteiger charge is -2.03. The van der Waals surface area contributed by atoms with E-state index in [4.69, 9.17) is 4.42 Å². The maximum atomic E-state index is 12.5. The highest BCUT2D eigenvalue weighted by Crippen LogP contribution is 2.35. The molecule has 0 aromatic carbocycles. The molecule has 0 aliphatic rings. The molecule has 3 aromatic heterocycles. The third-order valence-electron chi connectivity index (χ3n) is 3.36. The largest absolute Gasteiger partial charge is 0.469 e. The molecule has 0 radical (unpaired) electrons. The van der Waals surface area contributed by atoms with E-state index < -0.39 is 22.0 Å². The fourth-order valence-corrected chi connectivity index (χ4v) is 4.50. The van der Waals surface area contributed by atoms with Crippen molar-refractivity contribution in [3.8, 4) is 10.6 Å². The fourth-order valence-electron chi connectivity index (χ4n) is 2.12. The number of halogens is 3. The van der Waals surface area contributed by atoms with Gasteiger partial charge in [0.1, 0.15) is 15.7 Å². The molecule has 3 rings (SSSR count). The van der Waals surface area contributed by atoms with Crippen LogP contribution in [-0.2, 0) is 22.6 Å². The van der Waals surface area contributed by atoms with Gasteiger partial charge >= 0.3 is 6.18 Å². The first-order valence-corrected chi connectivity index (χ1v) is 9.72. The van der Waals surface area contributed by atoms with E-state index >= 15 is 0 Å². The van der Waals surface area contributed by atoms with Gasteiger partial charge in [-0.2, -0.15) is 13.2 Å². The van der Waals surface area contributed by atoms with Crippen molar-refractivity contribution in [1.82, 2.24) is 9.88 Å². The van der Waals surface area contributed by atoms with E-state index in [0.717, 1.165) is 23.2 Å². The normalized spacial score (nSPS) is 12.6. The number of thiophene rings is 1. The molecule has 0 aliphatic heterocycles. The third kappa shape index (κ3) is 4.34. The molecule has 0 atom stereocenters. The zero-order chi connectivity index (χ0) is 18.8. The molecule has 140 valence electrons. The summed E-state index contributed by atoms with van der Waals surface area (Å²) in [4.78, 5) is 0.264. The summed E-state index contributed by atoms with van der Waals surface area (Å²) in [6.45, 7) is 0.207. The summed E-state index contributed by atoms with van der Waals surface area (Å²) in [6.07, 6.45) is -1.97. The fraction of sp³-hybridized carbons (Fsp3) is 0.267. The summed E-state index contributed by atoms with van der Waals surface area (Å²) in [5.41, 5.74) is -0.0680. The predicted molar refractivity (Wildman–Crippen MR) is 87.0 cm³/mol. The van der Waals surface area contributed by atoms with Crippen LogP contribution in [0.4, 0.5) is 13.2 Å². The molecule has 26 heavy (non-hydrogen) atoms. The Morgan fingerprint density at radius 3 is 2.69 bits per heavy atom. The van der Waals surface area contributed by atoms with Gasteiger partial charge in [-0.3, -0.25) is 0 Å². The van der Waals surface area contributed by atoms with Gasteiger partial charge in [0, 0.05) is 19.0 Å². The minimum atomic E-state index is -4.65. The Labute approximate surface area is 150 Å². The number of rotatable bonds is 7. The number of aryl methyl sites for hydroxylation is 1. The Hall–Kier alpha value is -2.11. The summed E-state index contributed by atoms with van der Waals surface area (Å²) in [5.74, 6) is -0.476. The molecule has 0 bridgehead atoms. The maximum absolute atomic E-state index is 12.5. The van der Waals surface area contributed by atoms with E-state index in [9.17, 15) is 21.6 Å². The zero-order valence-electron chi connectivity index (χ0n) is 13.1. The zero-order valence-corrected chi connectivity index (χ0v) is 14.7. The number of furan rings is 1. The van der Waals surface area contributed by atoms with Gasteiger partial charge < -0.3 is 8.94 Å². The molecular formula is C15H13F3N2O4S2. The van der Waals surface area contributed by atoms with Crippen LogP contribution in [0.2, 0.25) is 0 Å². The standard InChI is InChI=1S/C15H13F3N2O4S2/c16-15(17,18)13-9-11(20-24-13)12-5-6-14(25-12)26(21,22)19-7-1-3-10-4-2-8-23-10/h2,4-6,8-9,19H,1,3,7H2. The number of nitrogens with zero attached hydrogens (tertiary/aromatic N) is 1. The van der Waals surface area contributed by atoms with E-state index in [2.05, 4.69) is 14.4 Å². The molecule has 0 amide bonds. The lowest BCUT2D eigenvalue weighted by molar-refractivity contribution is -0.155. The van der Waals surface area contributed by atoms with Crippen LogP contribution in [-0.4, -0.2) is 20.1 Å². The lowest BCUT2D eigenvalue weighted by Crippen LogP contribution is -2.24. The molecule has 6 nitrogen and oxygen atoms in total. The number of hydrogen-bond acceptors (Lipinski definition) is 6. The van der Waals surface area contributed by atoms with Crippen LogP contribution >= 0.6 is 11.3 Å². The van der Waals surface area contributed by atoms with Crippen LogP contribution in [0, 0.1) is 0 Å². The molecule has 0 saturated heterocycles. The average Bonchev–Trinajstić information content (AvgIpc) is 3.31. The second-order valence-electron chi connectivity index (χ2n) is 5.27. The van der Waals surface area contributed by atoms with Crippen LogP contribution in [0.15, 0.2) is 49.7 Å². The molecule has 11 heteroatoms. The summed E-state index contributed by atoms with van der Waals surface area (Å²) < 4.78 is 74.0.